The van der Waals surface area contributed by atoms with E-state index < -0.39 is 18.0 Å². The van der Waals surface area contributed by atoms with E-state index in [1.807, 2.05) is 48.5 Å². The zero-order chi connectivity index (χ0) is 22.7. The van der Waals surface area contributed by atoms with Crippen LogP contribution < -0.4 is 5.32 Å². The molecule has 2 N–H and O–H groups in total. The molecule has 3 aromatic rings. The molecule has 7 nitrogen and oxygen atoms in total. The number of carbonyl (C=O) groups excluding carboxylic acids is 2. The van der Waals surface area contributed by atoms with Crippen molar-refractivity contribution in [3.8, 4) is 11.1 Å². The molecule has 0 heterocycles. The third-order valence-corrected chi connectivity index (χ3v) is 5.41. The molecule has 0 aliphatic heterocycles. The van der Waals surface area contributed by atoms with Crippen LogP contribution in [-0.4, -0.2) is 35.9 Å². The molecule has 0 fully saturated rings. The SMILES string of the molecule is O=C(C=NC(=O)OCC1c2ccccc2-c2ccccc21)Nc1ccc(C(=O)O)cc1Cl. The van der Waals surface area contributed by atoms with E-state index in [-0.39, 0.29) is 28.8 Å². The van der Waals surface area contributed by atoms with Crippen LogP contribution in [0.3, 0.4) is 0 Å². The molecular weight excluding hydrogens is 432 g/mol. The van der Waals surface area contributed by atoms with Gasteiger partial charge >= 0.3 is 12.1 Å². The summed E-state index contributed by atoms with van der Waals surface area (Å²) in [6, 6.07) is 19.8. The second kappa shape index (κ2) is 9.03. The van der Waals surface area contributed by atoms with Gasteiger partial charge in [-0.25, -0.2) is 9.59 Å². The fourth-order valence-corrected chi connectivity index (χ4v) is 3.88. The van der Waals surface area contributed by atoms with Crippen LogP contribution in [0.15, 0.2) is 71.7 Å². The number of nitrogens with zero attached hydrogens (tertiary/aromatic N) is 1. The number of fused-ring (bicyclic) bond motifs is 3. The van der Waals surface area contributed by atoms with Gasteiger partial charge in [-0.3, -0.25) is 4.79 Å². The second-order valence-electron chi connectivity index (χ2n) is 7.05. The molecule has 0 bridgehead atoms. The monoisotopic (exact) mass is 448 g/mol. The predicted octanol–water partition coefficient (Wildman–Crippen LogP) is 5.00. The lowest BCUT2D eigenvalue weighted by atomic mass is 9.98. The number of aromatic carboxylic acids is 1. The highest BCUT2D eigenvalue weighted by atomic mass is 35.5. The zero-order valence-electron chi connectivity index (χ0n) is 16.6. The number of carboxylic acids is 1. The number of amides is 2. The number of carboxylic acid groups (broad SMARTS) is 1. The number of nitrogens with one attached hydrogen (secondary N) is 1. The smallest absolute Gasteiger partial charge is 0.433 e. The third-order valence-electron chi connectivity index (χ3n) is 5.10. The number of hydrogen-bond acceptors (Lipinski definition) is 4. The van der Waals surface area contributed by atoms with Crippen molar-refractivity contribution in [3.05, 3.63) is 88.4 Å². The summed E-state index contributed by atoms with van der Waals surface area (Å²) in [4.78, 5) is 38.6. The number of anilines is 1. The molecule has 0 spiro atoms. The Bertz CT molecular complexity index is 1210. The van der Waals surface area contributed by atoms with E-state index in [1.54, 1.807) is 0 Å². The minimum atomic E-state index is -1.14. The maximum Gasteiger partial charge on any atom is 0.433 e. The fraction of sp³-hybridized carbons (Fsp3) is 0.0833. The van der Waals surface area contributed by atoms with Gasteiger partial charge in [-0.2, -0.15) is 4.99 Å². The molecule has 3 aromatic carbocycles. The lowest BCUT2D eigenvalue weighted by molar-refractivity contribution is -0.110. The van der Waals surface area contributed by atoms with Gasteiger partial charge in [0.25, 0.3) is 5.91 Å². The maximum atomic E-state index is 12.1. The molecule has 0 saturated carbocycles. The molecule has 0 unspecified atom stereocenters. The van der Waals surface area contributed by atoms with Crippen molar-refractivity contribution in [2.45, 2.75) is 5.92 Å². The van der Waals surface area contributed by atoms with Crippen LogP contribution in [-0.2, 0) is 9.53 Å². The Labute approximate surface area is 188 Å². The van der Waals surface area contributed by atoms with Gasteiger partial charge in [-0.15, -0.1) is 0 Å². The van der Waals surface area contributed by atoms with Gasteiger partial charge in [0.1, 0.15) is 6.61 Å². The van der Waals surface area contributed by atoms with Gasteiger partial charge in [-0.1, -0.05) is 60.1 Å². The molecule has 1 aliphatic rings. The van der Waals surface area contributed by atoms with Gasteiger partial charge in [0.15, 0.2) is 0 Å². The normalized spacial score (nSPS) is 12.3. The van der Waals surface area contributed by atoms with Crippen LogP contribution in [0.5, 0.6) is 0 Å². The number of ether oxygens (including phenoxy) is 1. The highest BCUT2D eigenvalue weighted by Crippen LogP contribution is 2.44. The van der Waals surface area contributed by atoms with Crippen molar-refractivity contribution in [1.82, 2.24) is 0 Å². The van der Waals surface area contributed by atoms with Crippen molar-refractivity contribution in [2.75, 3.05) is 11.9 Å². The molecule has 0 radical (unpaired) electrons. The van der Waals surface area contributed by atoms with E-state index in [4.69, 9.17) is 21.4 Å². The summed E-state index contributed by atoms with van der Waals surface area (Å²) in [7, 11) is 0. The van der Waals surface area contributed by atoms with Crippen molar-refractivity contribution in [2.24, 2.45) is 4.99 Å². The lowest BCUT2D eigenvalue weighted by Crippen LogP contribution is -2.15. The van der Waals surface area contributed by atoms with E-state index in [0.29, 0.717) is 0 Å². The molecule has 0 aromatic heterocycles. The number of rotatable bonds is 5. The van der Waals surface area contributed by atoms with E-state index in [1.165, 1.54) is 18.2 Å². The summed E-state index contributed by atoms with van der Waals surface area (Å²) in [5.74, 6) is -1.95. The zero-order valence-corrected chi connectivity index (χ0v) is 17.4. The molecular formula is C24H17ClN2O5. The van der Waals surface area contributed by atoms with Crippen molar-refractivity contribution in [1.29, 1.82) is 0 Å². The van der Waals surface area contributed by atoms with E-state index >= 15 is 0 Å². The number of carbonyl (C=O) groups is 3. The van der Waals surface area contributed by atoms with Crippen LogP contribution in [0.1, 0.15) is 27.4 Å². The van der Waals surface area contributed by atoms with Crippen molar-refractivity contribution < 1.29 is 24.2 Å². The Morgan fingerprint density at radius 2 is 1.62 bits per heavy atom. The average molecular weight is 449 g/mol. The molecule has 1 aliphatic carbocycles. The first-order valence-electron chi connectivity index (χ1n) is 9.67. The minimum absolute atomic E-state index is 0.0136. The fourth-order valence-electron chi connectivity index (χ4n) is 3.66. The summed E-state index contributed by atoms with van der Waals surface area (Å²) in [5.41, 5.74) is 4.54. The molecule has 160 valence electrons. The highest BCUT2D eigenvalue weighted by Gasteiger charge is 2.28. The van der Waals surface area contributed by atoms with Gasteiger partial charge in [0.2, 0.25) is 0 Å². The van der Waals surface area contributed by atoms with Crippen LogP contribution in [0.2, 0.25) is 5.02 Å². The standard InChI is InChI=1S/C24H17ClN2O5/c25-20-11-14(23(29)30)9-10-21(20)27-22(28)12-26-24(31)32-13-19-17-7-3-1-5-15(17)16-6-2-4-8-18(16)19/h1-12,19H,13H2,(H,27,28)(H,29,30). The van der Waals surface area contributed by atoms with E-state index in [2.05, 4.69) is 10.3 Å². The Morgan fingerprint density at radius 3 is 2.22 bits per heavy atom. The molecule has 2 amide bonds. The van der Waals surface area contributed by atoms with Crippen LogP contribution in [0.25, 0.3) is 11.1 Å². The van der Waals surface area contributed by atoms with Gasteiger partial charge in [-0.05, 0) is 40.5 Å². The van der Waals surface area contributed by atoms with Gasteiger partial charge < -0.3 is 15.2 Å². The topological polar surface area (TPSA) is 105 Å². The van der Waals surface area contributed by atoms with Gasteiger partial charge in [0, 0.05) is 5.92 Å². The molecule has 8 heteroatoms. The number of hydrogen-bond donors (Lipinski definition) is 2. The van der Waals surface area contributed by atoms with E-state index in [9.17, 15) is 14.4 Å². The Kier molecular flexibility index (Phi) is 6.00. The molecule has 0 saturated heterocycles. The molecule has 4 rings (SSSR count). The first kappa shape index (κ1) is 21.3. The number of benzene rings is 3. The van der Waals surface area contributed by atoms with Crippen LogP contribution in [0.4, 0.5) is 10.5 Å². The van der Waals surface area contributed by atoms with E-state index in [0.717, 1.165) is 28.5 Å². The predicted molar refractivity (Wildman–Crippen MR) is 121 cm³/mol. The summed E-state index contributed by atoms with van der Waals surface area (Å²) in [6.07, 6.45) is -0.102. The lowest BCUT2D eigenvalue weighted by Gasteiger charge is -2.12. The minimum Gasteiger partial charge on any atom is -0.478 e. The van der Waals surface area contributed by atoms with Crippen LogP contribution >= 0.6 is 11.6 Å². The maximum absolute atomic E-state index is 12.1. The second-order valence-corrected chi connectivity index (χ2v) is 7.46. The summed E-state index contributed by atoms with van der Waals surface area (Å²) < 4.78 is 5.30. The Hall–Kier alpha value is -3.97. The summed E-state index contributed by atoms with van der Waals surface area (Å²) in [6.45, 7) is 0.0916. The molecule has 32 heavy (non-hydrogen) atoms. The number of halogens is 1. The third kappa shape index (κ3) is 4.38. The van der Waals surface area contributed by atoms with Crippen molar-refractivity contribution >= 4 is 41.5 Å². The highest BCUT2D eigenvalue weighted by molar-refractivity contribution is 6.37. The first-order valence-corrected chi connectivity index (χ1v) is 10.0. The summed E-state index contributed by atoms with van der Waals surface area (Å²) in [5, 5.41) is 11.4. The number of aliphatic imine (C=N–C) groups is 1. The first-order chi connectivity index (χ1) is 15.4. The molecule has 0 atom stereocenters. The van der Waals surface area contributed by atoms with Crippen molar-refractivity contribution in [3.63, 3.8) is 0 Å². The summed E-state index contributed by atoms with van der Waals surface area (Å²) >= 11 is 5.97. The Morgan fingerprint density at radius 1 is 1.00 bits per heavy atom. The largest absolute Gasteiger partial charge is 0.478 e. The van der Waals surface area contributed by atoms with Crippen LogP contribution in [0, 0.1) is 0 Å². The average Bonchev–Trinajstić information content (AvgIpc) is 3.11. The quantitative estimate of drug-likeness (QED) is 0.534. The van der Waals surface area contributed by atoms with Gasteiger partial charge in [0.05, 0.1) is 22.5 Å². The Balaban J connectivity index is 1.37.